The molecule has 0 aromatic heterocycles. The minimum absolute atomic E-state index is 0.0871. The van der Waals surface area contributed by atoms with Crippen molar-refractivity contribution in [3.8, 4) is 0 Å². The monoisotopic (exact) mass is 298 g/mol. The van der Waals surface area contributed by atoms with Crippen LogP contribution in [0.15, 0.2) is 47.6 Å². The largest absolute Gasteiger partial charge is 0.481 e. The molecule has 2 atom stereocenters. The van der Waals surface area contributed by atoms with Crippen LogP contribution in [-0.4, -0.2) is 17.3 Å². The van der Waals surface area contributed by atoms with E-state index in [9.17, 15) is 18.0 Å². The highest BCUT2D eigenvalue weighted by Gasteiger charge is 2.54. The zero-order valence-electron chi connectivity index (χ0n) is 11.7. The number of carboxylic acids is 1. The van der Waals surface area contributed by atoms with Gasteiger partial charge in [0, 0.05) is 0 Å². The molecule has 2 aliphatic rings. The van der Waals surface area contributed by atoms with Crippen LogP contribution in [0.5, 0.6) is 0 Å². The second kappa shape index (κ2) is 5.54. The van der Waals surface area contributed by atoms with E-state index in [-0.39, 0.29) is 17.6 Å². The standard InChI is InChI=1S/C16H17F3O2/c1-15(16(17,18)19,12-5-3-2-4-6-12)13-9-7-11(8-10-13)14(20)21/h3,5-7,9-11H,2,4,8H2,1H3,(H,20,21). The Morgan fingerprint density at radius 1 is 1.19 bits per heavy atom. The Kier molecular flexibility index (Phi) is 4.12. The predicted molar refractivity (Wildman–Crippen MR) is 73.6 cm³/mol. The van der Waals surface area contributed by atoms with Gasteiger partial charge in [-0.1, -0.05) is 36.5 Å². The van der Waals surface area contributed by atoms with Gasteiger partial charge in [-0.2, -0.15) is 13.2 Å². The number of rotatable bonds is 3. The first-order valence-corrected chi connectivity index (χ1v) is 6.82. The summed E-state index contributed by atoms with van der Waals surface area (Å²) in [5, 5.41) is 8.91. The number of alkyl halides is 3. The summed E-state index contributed by atoms with van der Waals surface area (Å²) in [6.45, 7) is 1.16. The van der Waals surface area contributed by atoms with E-state index in [1.807, 2.05) is 0 Å². The highest BCUT2D eigenvalue weighted by Crippen LogP contribution is 2.51. The average Bonchev–Trinajstić information content (AvgIpc) is 2.46. The minimum Gasteiger partial charge on any atom is -0.481 e. The molecule has 0 aromatic rings. The molecule has 21 heavy (non-hydrogen) atoms. The topological polar surface area (TPSA) is 37.3 Å². The summed E-state index contributed by atoms with van der Waals surface area (Å²) in [5.74, 6) is -1.77. The molecule has 1 N–H and O–H groups in total. The lowest BCUT2D eigenvalue weighted by atomic mass is 9.71. The normalized spacial score (nSPS) is 25.0. The van der Waals surface area contributed by atoms with Crippen molar-refractivity contribution in [3.05, 3.63) is 47.6 Å². The molecule has 0 heterocycles. The van der Waals surface area contributed by atoms with E-state index in [0.29, 0.717) is 6.42 Å². The third kappa shape index (κ3) is 2.82. The van der Waals surface area contributed by atoms with Crippen LogP contribution in [0.2, 0.25) is 0 Å². The van der Waals surface area contributed by atoms with Crippen molar-refractivity contribution in [2.75, 3.05) is 0 Å². The first-order valence-electron chi connectivity index (χ1n) is 6.82. The maximum atomic E-state index is 13.7. The van der Waals surface area contributed by atoms with Crippen molar-refractivity contribution in [2.24, 2.45) is 11.3 Å². The molecule has 5 heteroatoms. The van der Waals surface area contributed by atoms with E-state index in [0.717, 1.165) is 13.3 Å². The van der Waals surface area contributed by atoms with Crippen LogP contribution < -0.4 is 0 Å². The SMILES string of the molecule is CC(C1=CCCC=C1)(C1=CCC(C(=O)O)C=C1)C(F)(F)F. The van der Waals surface area contributed by atoms with Gasteiger partial charge >= 0.3 is 12.1 Å². The Morgan fingerprint density at radius 3 is 2.29 bits per heavy atom. The number of hydrogen-bond acceptors (Lipinski definition) is 1. The molecule has 0 spiro atoms. The van der Waals surface area contributed by atoms with Gasteiger partial charge in [0.15, 0.2) is 0 Å². The van der Waals surface area contributed by atoms with Crippen LogP contribution >= 0.6 is 0 Å². The predicted octanol–water partition coefficient (Wildman–Crippen LogP) is 4.42. The molecule has 2 nitrogen and oxygen atoms in total. The van der Waals surface area contributed by atoms with Gasteiger partial charge in [-0.15, -0.1) is 0 Å². The van der Waals surface area contributed by atoms with Crippen LogP contribution in [0, 0.1) is 11.3 Å². The minimum atomic E-state index is -4.44. The number of allylic oxidation sites excluding steroid dienone is 7. The maximum Gasteiger partial charge on any atom is 0.402 e. The van der Waals surface area contributed by atoms with Crippen LogP contribution in [-0.2, 0) is 4.79 Å². The zero-order chi connectivity index (χ0) is 15.7. The summed E-state index contributed by atoms with van der Waals surface area (Å²) in [6.07, 6.45) is 5.91. The third-order valence-electron chi connectivity index (χ3n) is 4.13. The molecule has 0 fully saturated rings. The molecule has 0 amide bonds. The summed E-state index contributed by atoms with van der Waals surface area (Å²) >= 11 is 0. The lowest BCUT2D eigenvalue weighted by Gasteiger charge is -2.37. The smallest absolute Gasteiger partial charge is 0.402 e. The molecule has 0 bridgehead atoms. The Morgan fingerprint density at radius 2 is 1.86 bits per heavy atom. The fourth-order valence-electron chi connectivity index (χ4n) is 2.65. The van der Waals surface area contributed by atoms with Crippen molar-refractivity contribution in [2.45, 2.75) is 32.4 Å². The van der Waals surface area contributed by atoms with Gasteiger partial charge in [-0.05, 0) is 37.3 Å². The number of halogens is 3. The number of aliphatic carboxylic acids is 1. The molecule has 2 unspecified atom stereocenters. The molecule has 0 saturated heterocycles. The molecule has 0 aromatic carbocycles. The molecule has 0 saturated carbocycles. The fourth-order valence-corrected chi connectivity index (χ4v) is 2.65. The third-order valence-corrected chi connectivity index (χ3v) is 4.13. The lowest BCUT2D eigenvalue weighted by Crippen LogP contribution is -2.39. The summed E-state index contributed by atoms with van der Waals surface area (Å²) < 4.78 is 41.0. The Balaban J connectivity index is 2.40. The fraction of sp³-hybridized carbons (Fsp3) is 0.438. The Labute approximate surface area is 121 Å². The van der Waals surface area contributed by atoms with Crippen molar-refractivity contribution >= 4 is 5.97 Å². The molecule has 2 aliphatic carbocycles. The van der Waals surface area contributed by atoms with E-state index >= 15 is 0 Å². The number of hydrogen-bond donors (Lipinski definition) is 1. The summed E-state index contributed by atoms with van der Waals surface area (Å²) in [6, 6.07) is 0. The van der Waals surface area contributed by atoms with E-state index in [1.165, 1.54) is 24.3 Å². The van der Waals surface area contributed by atoms with E-state index in [1.54, 1.807) is 12.2 Å². The molecule has 2 rings (SSSR count). The molecular formula is C16H17F3O2. The van der Waals surface area contributed by atoms with Crippen molar-refractivity contribution in [1.29, 1.82) is 0 Å². The highest BCUT2D eigenvalue weighted by atomic mass is 19.4. The highest BCUT2D eigenvalue weighted by molar-refractivity contribution is 5.73. The second-order valence-corrected chi connectivity index (χ2v) is 5.46. The molecule has 0 aliphatic heterocycles. The summed E-state index contributed by atoms with van der Waals surface area (Å²) in [4.78, 5) is 10.9. The summed E-state index contributed by atoms with van der Waals surface area (Å²) in [7, 11) is 0. The van der Waals surface area contributed by atoms with Crippen molar-refractivity contribution in [3.63, 3.8) is 0 Å². The van der Waals surface area contributed by atoms with E-state index in [4.69, 9.17) is 5.11 Å². The van der Waals surface area contributed by atoms with Gasteiger partial charge in [-0.25, -0.2) is 0 Å². The van der Waals surface area contributed by atoms with Crippen LogP contribution in [0.4, 0.5) is 13.2 Å². The quantitative estimate of drug-likeness (QED) is 0.837. The van der Waals surface area contributed by atoms with Gasteiger partial charge in [0.05, 0.1) is 5.92 Å². The first kappa shape index (κ1) is 15.6. The zero-order valence-corrected chi connectivity index (χ0v) is 11.7. The second-order valence-electron chi connectivity index (χ2n) is 5.46. The average molecular weight is 298 g/mol. The Bertz CT molecular complexity index is 552. The van der Waals surface area contributed by atoms with Crippen LogP contribution in [0.25, 0.3) is 0 Å². The molecule has 0 radical (unpaired) electrons. The van der Waals surface area contributed by atoms with Crippen LogP contribution in [0.3, 0.4) is 0 Å². The van der Waals surface area contributed by atoms with E-state index in [2.05, 4.69) is 0 Å². The number of carbonyl (C=O) groups is 1. The Hall–Kier alpha value is -1.78. The summed E-state index contributed by atoms with van der Waals surface area (Å²) in [5.41, 5.74) is -1.75. The van der Waals surface area contributed by atoms with Gasteiger partial charge in [0.1, 0.15) is 5.41 Å². The van der Waals surface area contributed by atoms with Crippen molar-refractivity contribution < 1.29 is 23.1 Å². The van der Waals surface area contributed by atoms with Gasteiger partial charge < -0.3 is 5.11 Å². The maximum absolute atomic E-state index is 13.7. The van der Waals surface area contributed by atoms with Gasteiger partial charge in [0.2, 0.25) is 0 Å². The van der Waals surface area contributed by atoms with E-state index < -0.39 is 23.5 Å². The molecular weight excluding hydrogens is 281 g/mol. The lowest BCUT2D eigenvalue weighted by molar-refractivity contribution is -0.188. The van der Waals surface area contributed by atoms with Gasteiger partial charge in [-0.3, -0.25) is 4.79 Å². The number of carboxylic acid groups (broad SMARTS) is 1. The van der Waals surface area contributed by atoms with Crippen LogP contribution in [0.1, 0.15) is 26.2 Å². The molecule has 114 valence electrons. The van der Waals surface area contributed by atoms with Gasteiger partial charge in [0.25, 0.3) is 0 Å². The first-order chi connectivity index (χ1) is 9.76. The van der Waals surface area contributed by atoms with Crippen molar-refractivity contribution in [1.82, 2.24) is 0 Å².